The van der Waals surface area contributed by atoms with Crippen LogP contribution in [0.25, 0.3) is 0 Å². The third kappa shape index (κ3) is 5.19. The molecule has 1 saturated carbocycles. The quantitative estimate of drug-likeness (QED) is 0.800. The number of piperazine rings is 1. The van der Waals surface area contributed by atoms with Gasteiger partial charge in [0.25, 0.3) is 0 Å². The van der Waals surface area contributed by atoms with Gasteiger partial charge >= 0.3 is 0 Å². The Hall–Kier alpha value is -2.08. The van der Waals surface area contributed by atoms with Crippen molar-refractivity contribution in [2.75, 3.05) is 43.4 Å². The number of likely N-dealkylation sites (N-methyl/N-ethyl adjacent to an activating group) is 1. The van der Waals surface area contributed by atoms with E-state index in [4.69, 9.17) is 0 Å². The van der Waals surface area contributed by atoms with Crippen LogP contribution in [0.2, 0.25) is 0 Å². The third-order valence-electron chi connectivity index (χ3n) is 5.06. The monoisotopic (exact) mass is 344 g/mol. The van der Waals surface area contributed by atoms with E-state index in [1.165, 1.54) is 5.69 Å². The standard InChI is InChI=1S/C19H28N4O2/c1-22-10-12-23(13-11-22)17-8-6-16(7-9-17)21-19(25)14-18(24)20-15-4-2-3-5-15/h6-9,15H,2-5,10-14H2,1H3,(H,20,24)(H,21,25). The summed E-state index contributed by atoms with van der Waals surface area (Å²) in [4.78, 5) is 28.6. The van der Waals surface area contributed by atoms with E-state index in [1.807, 2.05) is 24.3 Å². The van der Waals surface area contributed by atoms with Crippen LogP contribution in [-0.4, -0.2) is 56.0 Å². The predicted octanol–water partition coefficient (Wildman–Crippen LogP) is 1.83. The van der Waals surface area contributed by atoms with Crippen LogP contribution in [0, 0.1) is 0 Å². The summed E-state index contributed by atoms with van der Waals surface area (Å²) in [6, 6.07) is 8.11. The van der Waals surface area contributed by atoms with E-state index >= 15 is 0 Å². The van der Waals surface area contributed by atoms with E-state index in [-0.39, 0.29) is 24.3 Å². The summed E-state index contributed by atoms with van der Waals surface area (Å²) in [6.45, 7) is 4.16. The van der Waals surface area contributed by atoms with Crippen LogP contribution in [0.15, 0.2) is 24.3 Å². The fourth-order valence-electron chi connectivity index (χ4n) is 3.52. The van der Waals surface area contributed by atoms with E-state index in [2.05, 4.69) is 27.5 Å². The van der Waals surface area contributed by atoms with Crippen LogP contribution in [0.1, 0.15) is 32.1 Å². The first-order valence-electron chi connectivity index (χ1n) is 9.23. The van der Waals surface area contributed by atoms with Crippen molar-refractivity contribution < 1.29 is 9.59 Å². The van der Waals surface area contributed by atoms with E-state index in [0.29, 0.717) is 0 Å². The van der Waals surface area contributed by atoms with Crippen molar-refractivity contribution in [3.8, 4) is 0 Å². The van der Waals surface area contributed by atoms with Gasteiger partial charge in [-0.1, -0.05) is 12.8 Å². The van der Waals surface area contributed by atoms with Gasteiger partial charge in [0.05, 0.1) is 0 Å². The van der Waals surface area contributed by atoms with Gasteiger partial charge < -0.3 is 20.4 Å². The maximum atomic E-state index is 12.0. The van der Waals surface area contributed by atoms with E-state index < -0.39 is 0 Å². The van der Waals surface area contributed by atoms with Crippen molar-refractivity contribution in [3.63, 3.8) is 0 Å². The molecule has 1 aliphatic carbocycles. The highest BCUT2D eigenvalue weighted by Gasteiger charge is 2.19. The van der Waals surface area contributed by atoms with Gasteiger partial charge in [-0.15, -0.1) is 0 Å². The van der Waals surface area contributed by atoms with Crippen LogP contribution in [0.5, 0.6) is 0 Å². The molecule has 2 fully saturated rings. The topological polar surface area (TPSA) is 64.7 Å². The summed E-state index contributed by atoms with van der Waals surface area (Å²) in [7, 11) is 2.14. The molecule has 0 atom stereocenters. The molecule has 1 aromatic rings. The zero-order valence-corrected chi connectivity index (χ0v) is 15.0. The first-order chi connectivity index (χ1) is 12.1. The van der Waals surface area contributed by atoms with Crippen molar-refractivity contribution >= 4 is 23.2 Å². The lowest BCUT2D eigenvalue weighted by Crippen LogP contribution is -2.44. The van der Waals surface area contributed by atoms with Crippen LogP contribution in [0.4, 0.5) is 11.4 Å². The number of nitrogens with one attached hydrogen (secondary N) is 2. The average Bonchev–Trinajstić information content (AvgIpc) is 3.09. The summed E-state index contributed by atoms with van der Waals surface area (Å²) in [5.74, 6) is -0.443. The zero-order chi connectivity index (χ0) is 17.6. The molecule has 25 heavy (non-hydrogen) atoms. The van der Waals surface area contributed by atoms with Crippen molar-refractivity contribution in [1.29, 1.82) is 0 Å². The lowest BCUT2D eigenvalue weighted by molar-refractivity contribution is -0.127. The van der Waals surface area contributed by atoms with E-state index in [1.54, 1.807) is 0 Å². The minimum absolute atomic E-state index is 0.114. The number of anilines is 2. The highest BCUT2D eigenvalue weighted by atomic mass is 16.2. The first kappa shape index (κ1) is 17.7. The highest BCUT2D eigenvalue weighted by Crippen LogP contribution is 2.20. The second kappa shape index (κ2) is 8.34. The molecule has 0 bridgehead atoms. The van der Waals surface area contributed by atoms with E-state index in [9.17, 15) is 9.59 Å². The Kier molecular flexibility index (Phi) is 5.91. The molecule has 1 aliphatic heterocycles. The number of amides is 2. The number of carbonyl (C=O) groups excluding carboxylic acids is 2. The molecule has 2 N–H and O–H groups in total. The molecule has 0 unspecified atom stereocenters. The number of benzene rings is 1. The minimum Gasteiger partial charge on any atom is -0.369 e. The summed E-state index contributed by atoms with van der Waals surface area (Å²) in [5, 5.41) is 5.75. The van der Waals surface area contributed by atoms with Gasteiger partial charge in [0.15, 0.2) is 0 Å². The summed E-state index contributed by atoms with van der Waals surface area (Å²) in [6.07, 6.45) is 4.27. The molecule has 2 aliphatic rings. The van der Waals surface area contributed by atoms with Crippen LogP contribution in [0.3, 0.4) is 0 Å². The molecule has 1 aromatic carbocycles. The largest absolute Gasteiger partial charge is 0.369 e. The van der Waals surface area contributed by atoms with Crippen molar-refractivity contribution in [3.05, 3.63) is 24.3 Å². The van der Waals surface area contributed by atoms with Crippen LogP contribution < -0.4 is 15.5 Å². The molecule has 2 amide bonds. The number of carbonyl (C=O) groups is 2. The van der Waals surface area contributed by atoms with Gasteiger partial charge in [0.2, 0.25) is 11.8 Å². The Balaban J connectivity index is 1.45. The maximum Gasteiger partial charge on any atom is 0.233 e. The number of hydrogen-bond acceptors (Lipinski definition) is 4. The molecule has 0 aromatic heterocycles. The maximum absolute atomic E-state index is 12.0. The van der Waals surface area contributed by atoms with E-state index in [0.717, 1.165) is 57.5 Å². The van der Waals surface area contributed by atoms with Crippen LogP contribution >= 0.6 is 0 Å². The number of hydrogen-bond donors (Lipinski definition) is 2. The van der Waals surface area contributed by atoms with Crippen LogP contribution in [-0.2, 0) is 9.59 Å². The van der Waals surface area contributed by atoms with Gasteiger partial charge in [0.1, 0.15) is 6.42 Å². The Morgan fingerprint density at radius 3 is 2.28 bits per heavy atom. The van der Waals surface area contributed by atoms with Gasteiger partial charge in [-0.2, -0.15) is 0 Å². The number of nitrogens with zero attached hydrogens (tertiary/aromatic N) is 2. The molecule has 1 saturated heterocycles. The molecule has 6 heteroatoms. The van der Waals surface area contributed by atoms with Crippen molar-refractivity contribution in [2.24, 2.45) is 0 Å². The first-order valence-corrected chi connectivity index (χ1v) is 9.23. The summed E-state index contributed by atoms with van der Waals surface area (Å²) in [5.41, 5.74) is 1.90. The fourth-order valence-corrected chi connectivity index (χ4v) is 3.52. The Morgan fingerprint density at radius 2 is 1.64 bits per heavy atom. The van der Waals surface area contributed by atoms with Crippen molar-refractivity contribution in [2.45, 2.75) is 38.1 Å². The SMILES string of the molecule is CN1CCN(c2ccc(NC(=O)CC(=O)NC3CCCC3)cc2)CC1. The average molecular weight is 344 g/mol. The molecule has 6 nitrogen and oxygen atoms in total. The lowest BCUT2D eigenvalue weighted by atomic mass is 10.2. The molecule has 136 valence electrons. The van der Waals surface area contributed by atoms with Crippen molar-refractivity contribution in [1.82, 2.24) is 10.2 Å². The Bertz CT molecular complexity index is 588. The fraction of sp³-hybridized carbons (Fsp3) is 0.579. The van der Waals surface area contributed by atoms with Gasteiger partial charge in [0, 0.05) is 43.6 Å². The molecule has 0 spiro atoms. The number of rotatable bonds is 5. The molecule has 3 rings (SSSR count). The smallest absolute Gasteiger partial charge is 0.233 e. The van der Waals surface area contributed by atoms with Gasteiger partial charge in [-0.05, 0) is 44.2 Å². The Morgan fingerprint density at radius 1 is 1.00 bits per heavy atom. The lowest BCUT2D eigenvalue weighted by Gasteiger charge is -2.34. The molecular formula is C19H28N4O2. The second-order valence-electron chi connectivity index (χ2n) is 7.11. The summed E-state index contributed by atoms with van der Waals surface area (Å²) < 4.78 is 0. The minimum atomic E-state index is -0.261. The molecule has 0 radical (unpaired) electrons. The predicted molar refractivity (Wildman–Crippen MR) is 99.8 cm³/mol. The zero-order valence-electron chi connectivity index (χ0n) is 15.0. The summed E-state index contributed by atoms with van der Waals surface area (Å²) >= 11 is 0. The Labute approximate surface area is 149 Å². The highest BCUT2D eigenvalue weighted by molar-refractivity contribution is 6.03. The molecule has 1 heterocycles. The normalized spacial score (nSPS) is 19.0. The molecular weight excluding hydrogens is 316 g/mol. The van der Waals surface area contributed by atoms with Gasteiger partial charge in [-0.3, -0.25) is 9.59 Å². The van der Waals surface area contributed by atoms with Gasteiger partial charge in [-0.25, -0.2) is 0 Å². The second-order valence-corrected chi connectivity index (χ2v) is 7.11. The third-order valence-corrected chi connectivity index (χ3v) is 5.06.